The number of hydrogen-bond donors (Lipinski definition) is 1. The van der Waals surface area contributed by atoms with Crippen molar-refractivity contribution in [1.82, 2.24) is 0 Å². The van der Waals surface area contributed by atoms with Crippen LogP contribution in [-0.4, -0.2) is 11.3 Å². The van der Waals surface area contributed by atoms with Crippen LogP contribution in [0, 0.1) is 0 Å². The molecule has 1 N–H and O–H groups in total. The molecule has 0 amide bonds. The molecule has 0 aliphatic carbocycles. The zero-order chi connectivity index (χ0) is 12.3. The third kappa shape index (κ3) is 2.65. The van der Waals surface area contributed by atoms with Gasteiger partial charge in [-0.05, 0) is 17.7 Å². The van der Waals surface area contributed by atoms with Crippen molar-refractivity contribution in [3.63, 3.8) is 0 Å². The predicted molar refractivity (Wildman–Crippen MR) is 68.2 cm³/mol. The zero-order valence-electron chi connectivity index (χ0n) is 8.76. The summed E-state index contributed by atoms with van der Waals surface area (Å²) in [6.45, 7) is 0. The number of benzene rings is 2. The lowest BCUT2D eigenvalue weighted by atomic mass is 10.1. The molecule has 4 heteroatoms. The fourth-order valence-corrected chi connectivity index (χ4v) is 2.15. The van der Waals surface area contributed by atoms with Crippen molar-refractivity contribution in [2.45, 2.75) is 0 Å². The third-order valence-electron chi connectivity index (χ3n) is 2.24. The number of hydrogen-bond acceptors (Lipinski definition) is 2. The first kappa shape index (κ1) is 11.7. The van der Waals surface area contributed by atoms with E-state index in [9.17, 15) is 4.79 Å². The van der Waals surface area contributed by atoms with Gasteiger partial charge in [-0.3, -0.25) is 0 Å². The van der Waals surface area contributed by atoms with Crippen molar-refractivity contribution in [1.29, 1.82) is 0 Å². The SMILES string of the molecule is O=C(O)Oc1cccc(Br)c1-c1ccccc1. The standard InChI is InChI=1S/C13H9BrO3/c14-10-7-4-8-11(17-13(15)16)12(10)9-5-2-1-3-6-9/h1-8H,(H,15,16). The van der Waals surface area contributed by atoms with Gasteiger partial charge in [0.25, 0.3) is 0 Å². The Bertz CT molecular complexity index is 538. The van der Waals surface area contributed by atoms with Crippen LogP contribution in [0.1, 0.15) is 0 Å². The van der Waals surface area contributed by atoms with Crippen molar-refractivity contribution >= 4 is 22.1 Å². The van der Waals surface area contributed by atoms with Crippen LogP contribution in [0.3, 0.4) is 0 Å². The Morgan fingerprint density at radius 2 is 1.76 bits per heavy atom. The summed E-state index contributed by atoms with van der Waals surface area (Å²) >= 11 is 3.40. The van der Waals surface area contributed by atoms with E-state index < -0.39 is 6.16 Å². The summed E-state index contributed by atoms with van der Waals surface area (Å²) in [4.78, 5) is 10.6. The summed E-state index contributed by atoms with van der Waals surface area (Å²) in [5.74, 6) is 0.318. The molecule has 0 spiro atoms. The Morgan fingerprint density at radius 1 is 1.06 bits per heavy atom. The number of carbonyl (C=O) groups is 1. The maximum Gasteiger partial charge on any atom is 0.511 e. The van der Waals surface area contributed by atoms with Crippen molar-refractivity contribution in [2.75, 3.05) is 0 Å². The van der Waals surface area contributed by atoms with Gasteiger partial charge < -0.3 is 9.84 Å². The molecule has 0 aliphatic heterocycles. The van der Waals surface area contributed by atoms with E-state index in [1.807, 2.05) is 36.4 Å². The van der Waals surface area contributed by atoms with Crippen LogP contribution >= 0.6 is 15.9 Å². The van der Waals surface area contributed by atoms with Crippen molar-refractivity contribution in [3.05, 3.63) is 53.0 Å². The van der Waals surface area contributed by atoms with Gasteiger partial charge in [0.05, 0.1) is 0 Å². The first-order valence-electron chi connectivity index (χ1n) is 4.93. The van der Waals surface area contributed by atoms with Gasteiger partial charge in [-0.2, -0.15) is 0 Å². The maximum atomic E-state index is 10.6. The molecule has 2 aromatic rings. The molecule has 86 valence electrons. The summed E-state index contributed by atoms with van der Waals surface area (Å²) in [5, 5.41) is 8.69. The molecule has 17 heavy (non-hydrogen) atoms. The largest absolute Gasteiger partial charge is 0.511 e. The van der Waals surface area contributed by atoms with Crippen LogP contribution < -0.4 is 4.74 Å². The Hall–Kier alpha value is -1.81. The highest BCUT2D eigenvalue weighted by Crippen LogP contribution is 2.36. The molecule has 0 saturated carbocycles. The molecule has 0 atom stereocenters. The third-order valence-corrected chi connectivity index (χ3v) is 2.90. The van der Waals surface area contributed by atoms with Crippen LogP contribution in [0.15, 0.2) is 53.0 Å². The number of rotatable bonds is 2. The second kappa shape index (κ2) is 5.01. The zero-order valence-corrected chi connectivity index (χ0v) is 10.3. The molecule has 3 nitrogen and oxygen atoms in total. The van der Waals surface area contributed by atoms with Gasteiger partial charge in [0.15, 0.2) is 0 Å². The average Bonchev–Trinajstić information content (AvgIpc) is 2.29. The van der Waals surface area contributed by atoms with E-state index in [4.69, 9.17) is 9.84 Å². The summed E-state index contributed by atoms with van der Waals surface area (Å²) in [6.07, 6.45) is -1.32. The van der Waals surface area contributed by atoms with Crippen molar-refractivity contribution in [2.24, 2.45) is 0 Å². The highest BCUT2D eigenvalue weighted by Gasteiger charge is 2.12. The molecule has 0 aromatic heterocycles. The summed E-state index contributed by atoms with van der Waals surface area (Å²) in [6, 6.07) is 14.7. The van der Waals surface area contributed by atoms with Crippen LogP contribution in [0.4, 0.5) is 4.79 Å². The van der Waals surface area contributed by atoms with Crippen LogP contribution in [-0.2, 0) is 0 Å². The summed E-state index contributed by atoms with van der Waals surface area (Å²) in [7, 11) is 0. The molecule has 0 fully saturated rings. The molecule has 0 heterocycles. The van der Waals surface area contributed by atoms with Crippen molar-refractivity contribution < 1.29 is 14.6 Å². The molecule has 0 saturated heterocycles. The van der Waals surface area contributed by atoms with E-state index in [1.165, 1.54) is 0 Å². The minimum absolute atomic E-state index is 0.318. The van der Waals surface area contributed by atoms with Gasteiger partial charge in [0.1, 0.15) is 5.75 Å². The first-order chi connectivity index (χ1) is 8.18. The normalized spacial score (nSPS) is 9.94. The van der Waals surface area contributed by atoms with E-state index in [0.717, 1.165) is 15.6 Å². The molecule has 0 aliphatic rings. The van der Waals surface area contributed by atoms with Gasteiger partial charge >= 0.3 is 6.16 Å². The number of ether oxygens (including phenoxy) is 1. The van der Waals surface area contributed by atoms with Gasteiger partial charge in [0, 0.05) is 10.0 Å². The van der Waals surface area contributed by atoms with Gasteiger partial charge in [0.2, 0.25) is 0 Å². The van der Waals surface area contributed by atoms with E-state index >= 15 is 0 Å². The van der Waals surface area contributed by atoms with Gasteiger partial charge in [-0.1, -0.05) is 52.3 Å². The number of carboxylic acid groups (broad SMARTS) is 1. The highest BCUT2D eigenvalue weighted by atomic mass is 79.9. The van der Waals surface area contributed by atoms with E-state index in [1.54, 1.807) is 12.1 Å². The molecule has 0 radical (unpaired) electrons. The van der Waals surface area contributed by atoms with Gasteiger partial charge in [-0.15, -0.1) is 0 Å². The lowest BCUT2D eigenvalue weighted by Gasteiger charge is -2.10. The summed E-state index contributed by atoms with van der Waals surface area (Å²) < 4.78 is 5.56. The monoisotopic (exact) mass is 292 g/mol. The minimum atomic E-state index is -1.32. The Balaban J connectivity index is 2.55. The molecular weight excluding hydrogens is 284 g/mol. The Morgan fingerprint density at radius 3 is 2.41 bits per heavy atom. The van der Waals surface area contributed by atoms with Crippen molar-refractivity contribution in [3.8, 4) is 16.9 Å². The quantitative estimate of drug-likeness (QED) is 0.667. The smallest absolute Gasteiger partial charge is 0.449 e. The summed E-state index contributed by atoms with van der Waals surface area (Å²) in [5.41, 5.74) is 1.63. The lowest BCUT2D eigenvalue weighted by molar-refractivity contribution is 0.144. The molecule has 0 unspecified atom stereocenters. The number of halogens is 1. The van der Waals surface area contributed by atoms with Gasteiger partial charge in [-0.25, -0.2) is 4.79 Å². The van der Waals surface area contributed by atoms with E-state index in [-0.39, 0.29) is 0 Å². The molecule has 2 aromatic carbocycles. The minimum Gasteiger partial charge on any atom is -0.449 e. The fraction of sp³-hybridized carbons (Fsp3) is 0. The maximum absolute atomic E-state index is 10.6. The second-order valence-corrected chi connectivity index (χ2v) is 4.20. The van der Waals surface area contributed by atoms with E-state index in [0.29, 0.717) is 5.75 Å². The Kier molecular flexibility index (Phi) is 3.44. The Labute approximate surface area is 107 Å². The highest BCUT2D eigenvalue weighted by molar-refractivity contribution is 9.10. The first-order valence-corrected chi connectivity index (χ1v) is 5.72. The van der Waals surface area contributed by atoms with Crippen LogP contribution in [0.2, 0.25) is 0 Å². The predicted octanol–water partition coefficient (Wildman–Crippen LogP) is 4.17. The molecule has 0 bridgehead atoms. The fourth-order valence-electron chi connectivity index (χ4n) is 1.57. The average molecular weight is 293 g/mol. The topological polar surface area (TPSA) is 46.5 Å². The van der Waals surface area contributed by atoms with Crippen LogP contribution in [0.5, 0.6) is 5.75 Å². The lowest BCUT2D eigenvalue weighted by Crippen LogP contribution is -2.04. The second-order valence-electron chi connectivity index (χ2n) is 3.35. The molecule has 2 rings (SSSR count). The molecular formula is C13H9BrO3. The van der Waals surface area contributed by atoms with Crippen LogP contribution in [0.25, 0.3) is 11.1 Å². The van der Waals surface area contributed by atoms with E-state index in [2.05, 4.69) is 15.9 Å².